The quantitative estimate of drug-likeness (QED) is 0.287. The van der Waals surface area contributed by atoms with Gasteiger partial charge in [0.05, 0.1) is 11.6 Å². The van der Waals surface area contributed by atoms with Crippen LogP contribution in [0.1, 0.15) is 42.1 Å². The van der Waals surface area contributed by atoms with Gasteiger partial charge in [-0.05, 0) is 37.0 Å². The molecule has 2 amide bonds. The first-order valence-corrected chi connectivity index (χ1v) is 12.3. The molecular formula is C26H26N4O4S. The van der Waals surface area contributed by atoms with E-state index < -0.39 is 23.5 Å². The van der Waals surface area contributed by atoms with Crippen LogP contribution in [-0.2, 0) is 20.9 Å². The number of thiazole rings is 1. The number of hydrogen-bond acceptors (Lipinski definition) is 7. The van der Waals surface area contributed by atoms with Gasteiger partial charge in [0.25, 0.3) is 5.91 Å². The third kappa shape index (κ3) is 6.39. The van der Waals surface area contributed by atoms with Crippen molar-refractivity contribution >= 4 is 40.0 Å². The van der Waals surface area contributed by atoms with Crippen LogP contribution < -0.4 is 10.6 Å². The predicted octanol–water partition coefficient (Wildman–Crippen LogP) is 4.43. The Morgan fingerprint density at radius 3 is 2.49 bits per heavy atom. The molecule has 8 nitrogen and oxygen atoms in total. The molecule has 1 aliphatic carbocycles. The first-order chi connectivity index (χ1) is 16.9. The minimum absolute atomic E-state index is 0.0387. The summed E-state index contributed by atoms with van der Waals surface area (Å²) in [5.74, 6) is -2.33. The van der Waals surface area contributed by atoms with Crippen molar-refractivity contribution in [3.8, 4) is 11.3 Å². The maximum absolute atomic E-state index is 12.8. The zero-order chi connectivity index (χ0) is 24.8. The second-order valence-corrected chi connectivity index (χ2v) is 9.15. The Morgan fingerprint density at radius 2 is 1.83 bits per heavy atom. The van der Waals surface area contributed by atoms with Crippen molar-refractivity contribution < 1.29 is 19.1 Å². The van der Waals surface area contributed by atoms with Gasteiger partial charge in [0.1, 0.15) is 12.3 Å². The lowest BCUT2D eigenvalue weighted by Crippen LogP contribution is -2.34. The summed E-state index contributed by atoms with van der Waals surface area (Å²) < 4.78 is 5.20. The van der Waals surface area contributed by atoms with Crippen molar-refractivity contribution in [1.82, 2.24) is 10.3 Å². The van der Waals surface area contributed by atoms with Crippen LogP contribution in [0.5, 0.6) is 0 Å². The van der Waals surface area contributed by atoms with Gasteiger partial charge >= 0.3 is 5.97 Å². The highest BCUT2D eigenvalue weighted by Crippen LogP contribution is 2.26. The molecule has 9 heteroatoms. The number of carbonyl (C=O) groups excluding carboxylic acids is 3. The molecule has 0 bridgehead atoms. The second-order valence-electron chi connectivity index (χ2n) is 8.29. The summed E-state index contributed by atoms with van der Waals surface area (Å²) in [6.07, 6.45) is 2.34. The summed E-state index contributed by atoms with van der Waals surface area (Å²) in [7, 11) is 0. The Morgan fingerprint density at radius 1 is 1.11 bits per heavy atom. The number of amides is 2. The maximum atomic E-state index is 12.8. The van der Waals surface area contributed by atoms with Crippen LogP contribution in [0.15, 0.2) is 60.0 Å². The van der Waals surface area contributed by atoms with E-state index in [2.05, 4.69) is 15.6 Å². The van der Waals surface area contributed by atoms with Crippen LogP contribution in [0, 0.1) is 11.3 Å². The molecule has 0 saturated heterocycles. The molecule has 0 unspecified atom stereocenters. The number of rotatable bonds is 10. The fraction of sp³-hybridized carbons (Fsp3) is 0.269. The van der Waals surface area contributed by atoms with Crippen molar-refractivity contribution in [2.45, 2.75) is 38.8 Å². The highest BCUT2D eigenvalue weighted by atomic mass is 32.1. The van der Waals surface area contributed by atoms with Gasteiger partial charge in [0, 0.05) is 22.5 Å². The van der Waals surface area contributed by atoms with Crippen LogP contribution in [-0.4, -0.2) is 34.5 Å². The molecule has 0 aliphatic heterocycles. The molecule has 3 aromatic rings. The van der Waals surface area contributed by atoms with Crippen LogP contribution in [0.2, 0.25) is 0 Å². The number of nitrogens with zero attached hydrogens (tertiary/aromatic N) is 1. The number of benzene rings is 2. The van der Waals surface area contributed by atoms with Crippen molar-refractivity contribution in [3.63, 3.8) is 0 Å². The summed E-state index contributed by atoms with van der Waals surface area (Å²) in [6, 6.07) is 16.6. The van der Waals surface area contributed by atoms with Gasteiger partial charge in [-0.15, -0.1) is 11.3 Å². The zero-order valence-electron chi connectivity index (χ0n) is 19.2. The lowest BCUT2D eigenvalue weighted by Gasteiger charge is -2.14. The topological polar surface area (TPSA) is 121 Å². The summed E-state index contributed by atoms with van der Waals surface area (Å²) in [4.78, 5) is 41.7. The molecule has 0 spiro atoms. The fourth-order valence-electron chi connectivity index (χ4n) is 3.41. The largest absolute Gasteiger partial charge is 0.456 e. The smallest absolute Gasteiger partial charge is 0.353 e. The number of carbonyl (C=O) groups is 3. The van der Waals surface area contributed by atoms with Crippen LogP contribution in [0.4, 0.5) is 5.13 Å². The molecule has 2 aromatic carbocycles. The number of anilines is 1. The van der Waals surface area contributed by atoms with E-state index in [0.29, 0.717) is 22.4 Å². The number of ether oxygens (including phenoxy) is 1. The SMILES string of the molecule is CC[C@H](C(=N)C(=O)OCc1ccccc1)C(=O)Nc1nc(-c2ccc(C(=O)NC3CC3)cc2)cs1. The minimum atomic E-state index is -0.949. The molecule has 180 valence electrons. The molecule has 35 heavy (non-hydrogen) atoms. The Labute approximate surface area is 207 Å². The molecule has 1 aliphatic rings. The van der Waals surface area contributed by atoms with E-state index >= 15 is 0 Å². The molecule has 3 N–H and O–H groups in total. The standard InChI is InChI=1S/C26H26N4O4S/c1-2-20(22(27)25(33)34-14-16-6-4-3-5-7-16)24(32)30-26-29-21(15-35-26)17-8-10-18(11-9-17)23(31)28-19-12-13-19/h3-11,15,19-20,27H,2,12-14H2,1H3,(H,28,31)(H,29,30,32)/t20-/m1/s1. The van der Waals surface area contributed by atoms with Crippen molar-refractivity contribution in [3.05, 3.63) is 71.1 Å². The molecule has 4 rings (SSSR count). The van der Waals surface area contributed by atoms with Crippen LogP contribution >= 0.6 is 11.3 Å². The third-order valence-electron chi connectivity index (χ3n) is 5.60. The molecule has 1 atom stereocenters. The van der Waals surface area contributed by atoms with E-state index in [1.165, 1.54) is 11.3 Å². The number of esters is 1. The van der Waals surface area contributed by atoms with Crippen LogP contribution in [0.25, 0.3) is 11.3 Å². The van der Waals surface area contributed by atoms with E-state index in [1.54, 1.807) is 24.4 Å². The molecule has 1 saturated carbocycles. The molecule has 1 aromatic heterocycles. The van der Waals surface area contributed by atoms with Gasteiger partial charge in [-0.25, -0.2) is 9.78 Å². The minimum Gasteiger partial charge on any atom is -0.456 e. The first kappa shape index (κ1) is 24.3. The number of hydrogen-bond donors (Lipinski definition) is 3. The van der Waals surface area contributed by atoms with Crippen molar-refractivity contribution in [2.75, 3.05) is 5.32 Å². The Kier molecular flexibility index (Phi) is 7.67. The van der Waals surface area contributed by atoms with Gasteiger partial charge in [0.15, 0.2) is 5.13 Å². The Balaban J connectivity index is 1.34. The van der Waals surface area contributed by atoms with Gasteiger partial charge in [-0.1, -0.05) is 49.4 Å². The van der Waals surface area contributed by atoms with E-state index in [-0.39, 0.29) is 18.9 Å². The van der Waals surface area contributed by atoms with Crippen molar-refractivity contribution in [2.24, 2.45) is 5.92 Å². The Bertz CT molecular complexity index is 1220. The lowest BCUT2D eigenvalue weighted by atomic mass is 9.99. The number of nitrogens with one attached hydrogen (secondary N) is 3. The zero-order valence-corrected chi connectivity index (χ0v) is 20.1. The lowest BCUT2D eigenvalue weighted by molar-refractivity contribution is -0.137. The molecular weight excluding hydrogens is 464 g/mol. The second kappa shape index (κ2) is 11.1. The highest BCUT2D eigenvalue weighted by molar-refractivity contribution is 7.14. The summed E-state index contributed by atoms with van der Waals surface area (Å²) in [5, 5.41) is 16.0. The van der Waals surface area contributed by atoms with Gasteiger partial charge < -0.3 is 15.4 Å². The average Bonchev–Trinajstić information content (AvgIpc) is 3.57. The van der Waals surface area contributed by atoms with Gasteiger partial charge in [-0.2, -0.15) is 0 Å². The third-order valence-corrected chi connectivity index (χ3v) is 6.35. The Hall–Kier alpha value is -3.85. The summed E-state index contributed by atoms with van der Waals surface area (Å²) in [6.45, 7) is 1.77. The molecule has 1 fully saturated rings. The van der Waals surface area contributed by atoms with Crippen molar-refractivity contribution in [1.29, 1.82) is 5.41 Å². The average molecular weight is 491 g/mol. The monoisotopic (exact) mass is 490 g/mol. The highest BCUT2D eigenvalue weighted by Gasteiger charge is 2.28. The summed E-state index contributed by atoms with van der Waals surface area (Å²) >= 11 is 1.25. The van der Waals surface area contributed by atoms with E-state index in [4.69, 9.17) is 10.1 Å². The fourth-order valence-corrected chi connectivity index (χ4v) is 4.13. The normalized spacial score (nSPS) is 13.5. The number of aromatic nitrogens is 1. The van der Waals surface area contributed by atoms with E-state index in [9.17, 15) is 14.4 Å². The van der Waals surface area contributed by atoms with Gasteiger partial charge in [0.2, 0.25) is 5.91 Å². The van der Waals surface area contributed by atoms with Crippen LogP contribution in [0.3, 0.4) is 0 Å². The predicted molar refractivity (Wildman–Crippen MR) is 134 cm³/mol. The molecule has 0 radical (unpaired) electrons. The summed E-state index contributed by atoms with van der Waals surface area (Å²) in [5.41, 5.74) is 2.47. The first-order valence-electron chi connectivity index (χ1n) is 11.4. The maximum Gasteiger partial charge on any atom is 0.353 e. The van der Waals surface area contributed by atoms with E-state index in [0.717, 1.165) is 24.0 Å². The van der Waals surface area contributed by atoms with E-state index in [1.807, 2.05) is 42.5 Å². The van der Waals surface area contributed by atoms with Gasteiger partial charge in [-0.3, -0.25) is 15.0 Å². The molecule has 1 heterocycles.